The average Bonchev–Trinajstić information content (AvgIpc) is 2.69. The highest BCUT2D eigenvalue weighted by Crippen LogP contribution is 2.32. The number of nitrogens with two attached hydrogens (primary N) is 1. The highest BCUT2D eigenvalue weighted by Gasteiger charge is 2.23. The lowest BCUT2D eigenvalue weighted by Gasteiger charge is -2.34. The number of halogens is 3. The Morgan fingerprint density at radius 3 is 2.32 bits per heavy atom. The van der Waals surface area contributed by atoms with Crippen LogP contribution in [0, 0.1) is 31.3 Å². The van der Waals surface area contributed by atoms with Crippen LogP contribution in [0.25, 0.3) is 0 Å². The number of benzene rings is 2. The molecule has 0 radical (unpaired) electrons. The lowest BCUT2D eigenvalue weighted by atomic mass is 10.1. The summed E-state index contributed by atoms with van der Waals surface area (Å²) in [5.41, 5.74) is 6.85. The van der Waals surface area contributed by atoms with Crippen molar-refractivity contribution in [3.05, 3.63) is 58.4 Å². The number of ether oxygens (including phenoxy) is 1. The molecule has 1 aliphatic heterocycles. The number of nitrogen functional groups attached to an aromatic ring is 1. The van der Waals surface area contributed by atoms with Crippen molar-refractivity contribution >= 4 is 5.69 Å². The molecule has 2 aromatic carbocycles. The zero-order valence-electron chi connectivity index (χ0n) is 16.3. The largest absolute Gasteiger partial charge is 0.486 e. The molecule has 1 heterocycles. The second kappa shape index (κ2) is 8.84. The number of anilines is 1. The van der Waals surface area contributed by atoms with Gasteiger partial charge in [-0.25, -0.2) is 13.2 Å². The van der Waals surface area contributed by atoms with Gasteiger partial charge in [0.2, 0.25) is 0 Å². The standard InChI is InChI=1S/C21H26F3N3O/c1-14-4-3-5-16(12-14)13-27-8-6-26(7-9-27)10-11-28-21-18(23)15(2)17(22)20(25)19(21)24/h3-5,12H,6-11,13,25H2,1-2H3. The highest BCUT2D eigenvalue weighted by atomic mass is 19.1. The Morgan fingerprint density at radius 1 is 0.964 bits per heavy atom. The van der Waals surface area contributed by atoms with E-state index in [1.165, 1.54) is 18.1 Å². The first kappa shape index (κ1) is 20.5. The van der Waals surface area contributed by atoms with E-state index in [2.05, 4.69) is 41.0 Å². The van der Waals surface area contributed by atoms with Gasteiger partial charge in [-0.05, 0) is 19.4 Å². The molecule has 0 aliphatic carbocycles. The van der Waals surface area contributed by atoms with Crippen LogP contribution in [0.15, 0.2) is 24.3 Å². The van der Waals surface area contributed by atoms with Crippen molar-refractivity contribution in [2.75, 3.05) is 45.1 Å². The Hall–Kier alpha value is -2.25. The van der Waals surface area contributed by atoms with E-state index in [-0.39, 0.29) is 12.2 Å². The van der Waals surface area contributed by atoms with Gasteiger partial charge in [0.1, 0.15) is 12.3 Å². The first-order valence-electron chi connectivity index (χ1n) is 9.42. The third kappa shape index (κ3) is 4.59. The molecule has 2 N–H and O–H groups in total. The first-order chi connectivity index (χ1) is 13.4. The Balaban J connectivity index is 1.48. The van der Waals surface area contributed by atoms with Gasteiger partial charge in [0, 0.05) is 44.8 Å². The molecule has 0 spiro atoms. The summed E-state index contributed by atoms with van der Waals surface area (Å²) in [5.74, 6) is -3.89. The monoisotopic (exact) mass is 393 g/mol. The summed E-state index contributed by atoms with van der Waals surface area (Å²) in [4.78, 5) is 4.57. The van der Waals surface area contributed by atoms with Crippen LogP contribution in [0.1, 0.15) is 16.7 Å². The van der Waals surface area contributed by atoms with Crippen LogP contribution in [0.3, 0.4) is 0 Å². The molecule has 0 saturated carbocycles. The van der Waals surface area contributed by atoms with Crippen LogP contribution in [0.5, 0.6) is 5.75 Å². The molecule has 0 atom stereocenters. The lowest BCUT2D eigenvalue weighted by Crippen LogP contribution is -2.47. The van der Waals surface area contributed by atoms with Gasteiger partial charge in [-0.2, -0.15) is 0 Å². The SMILES string of the molecule is Cc1cccc(CN2CCN(CCOc3c(F)c(C)c(F)c(N)c3F)CC2)c1. The van der Waals surface area contributed by atoms with Gasteiger partial charge < -0.3 is 10.5 Å². The third-order valence-corrected chi connectivity index (χ3v) is 5.14. The van der Waals surface area contributed by atoms with Crippen LogP contribution < -0.4 is 10.5 Å². The molecule has 0 bridgehead atoms. The molecule has 0 aromatic heterocycles. The smallest absolute Gasteiger partial charge is 0.193 e. The minimum atomic E-state index is -1.18. The highest BCUT2D eigenvalue weighted by molar-refractivity contribution is 5.51. The van der Waals surface area contributed by atoms with Crippen molar-refractivity contribution in [1.82, 2.24) is 9.80 Å². The topological polar surface area (TPSA) is 41.7 Å². The molecule has 4 nitrogen and oxygen atoms in total. The molecule has 152 valence electrons. The van der Waals surface area contributed by atoms with E-state index in [1.54, 1.807) is 0 Å². The number of aryl methyl sites for hydroxylation is 1. The lowest BCUT2D eigenvalue weighted by molar-refractivity contribution is 0.111. The molecule has 28 heavy (non-hydrogen) atoms. The molecular weight excluding hydrogens is 367 g/mol. The predicted molar refractivity (Wildman–Crippen MR) is 104 cm³/mol. The third-order valence-electron chi connectivity index (χ3n) is 5.14. The molecule has 3 rings (SSSR count). The normalized spacial score (nSPS) is 15.8. The van der Waals surface area contributed by atoms with Gasteiger partial charge in [0.15, 0.2) is 23.2 Å². The second-order valence-corrected chi connectivity index (χ2v) is 7.27. The summed E-state index contributed by atoms with van der Waals surface area (Å²) in [7, 11) is 0. The minimum absolute atomic E-state index is 0.107. The number of hydrogen-bond donors (Lipinski definition) is 1. The van der Waals surface area contributed by atoms with Gasteiger partial charge in [0.25, 0.3) is 0 Å². The van der Waals surface area contributed by atoms with E-state index in [9.17, 15) is 13.2 Å². The molecule has 7 heteroatoms. The van der Waals surface area contributed by atoms with Crippen LogP contribution in [-0.2, 0) is 6.54 Å². The number of hydrogen-bond acceptors (Lipinski definition) is 4. The summed E-state index contributed by atoms with van der Waals surface area (Å²) in [5, 5.41) is 0. The molecule has 0 unspecified atom stereocenters. The summed E-state index contributed by atoms with van der Waals surface area (Å²) < 4.78 is 46.9. The van der Waals surface area contributed by atoms with Crippen LogP contribution >= 0.6 is 0 Å². The maximum absolute atomic E-state index is 14.1. The predicted octanol–water partition coefficient (Wildman–Crippen LogP) is 3.50. The van der Waals surface area contributed by atoms with E-state index in [4.69, 9.17) is 10.5 Å². The fraction of sp³-hybridized carbons (Fsp3) is 0.429. The van der Waals surface area contributed by atoms with Crippen molar-refractivity contribution < 1.29 is 17.9 Å². The molecule has 0 amide bonds. The molecule has 2 aromatic rings. The average molecular weight is 393 g/mol. The van der Waals surface area contributed by atoms with Gasteiger partial charge >= 0.3 is 0 Å². The van der Waals surface area contributed by atoms with E-state index in [0.717, 1.165) is 32.7 Å². The Morgan fingerprint density at radius 2 is 1.64 bits per heavy atom. The van der Waals surface area contributed by atoms with Crippen molar-refractivity contribution in [1.29, 1.82) is 0 Å². The number of rotatable bonds is 6. The quantitative estimate of drug-likeness (QED) is 0.763. The second-order valence-electron chi connectivity index (χ2n) is 7.27. The Kier molecular flexibility index (Phi) is 6.46. The summed E-state index contributed by atoms with van der Waals surface area (Å²) in [6.07, 6.45) is 0. The van der Waals surface area contributed by atoms with Gasteiger partial charge in [0.05, 0.1) is 0 Å². The Bertz CT molecular complexity index is 807. The van der Waals surface area contributed by atoms with Gasteiger partial charge in [-0.1, -0.05) is 29.8 Å². The maximum atomic E-state index is 14.1. The molecule has 1 aliphatic rings. The van der Waals surface area contributed by atoms with E-state index < -0.39 is 28.9 Å². The van der Waals surface area contributed by atoms with Crippen molar-refractivity contribution in [3.63, 3.8) is 0 Å². The Labute approximate surface area is 163 Å². The van der Waals surface area contributed by atoms with E-state index in [1.807, 2.05) is 0 Å². The first-order valence-corrected chi connectivity index (χ1v) is 9.42. The summed E-state index contributed by atoms with van der Waals surface area (Å²) in [6.45, 7) is 8.39. The van der Waals surface area contributed by atoms with Crippen LogP contribution in [0.4, 0.5) is 18.9 Å². The number of nitrogens with zero attached hydrogens (tertiary/aromatic N) is 2. The number of piperazine rings is 1. The molecular formula is C21H26F3N3O. The van der Waals surface area contributed by atoms with Crippen LogP contribution in [0.2, 0.25) is 0 Å². The van der Waals surface area contributed by atoms with Gasteiger partial charge in [-0.3, -0.25) is 9.80 Å². The fourth-order valence-corrected chi connectivity index (χ4v) is 3.43. The summed E-state index contributed by atoms with van der Waals surface area (Å²) >= 11 is 0. The van der Waals surface area contributed by atoms with E-state index >= 15 is 0 Å². The van der Waals surface area contributed by atoms with Crippen LogP contribution in [-0.4, -0.2) is 49.1 Å². The van der Waals surface area contributed by atoms with E-state index in [0.29, 0.717) is 6.54 Å². The summed E-state index contributed by atoms with van der Waals surface area (Å²) in [6, 6.07) is 8.48. The molecule has 1 fully saturated rings. The zero-order chi connectivity index (χ0) is 20.3. The molecule has 1 saturated heterocycles. The fourth-order valence-electron chi connectivity index (χ4n) is 3.43. The zero-order valence-corrected chi connectivity index (χ0v) is 16.3. The van der Waals surface area contributed by atoms with Crippen molar-refractivity contribution in [2.24, 2.45) is 0 Å². The maximum Gasteiger partial charge on any atom is 0.193 e. The van der Waals surface area contributed by atoms with Crippen molar-refractivity contribution in [2.45, 2.75) is 20.4 Å². The minimum Gasteiger partial charge on any atom is -0.486 e. The van der Waals surface area contributed by atoms with Gasteiger partial charge in [-0.15, -0.1) is 0 Å². The van der Waals surface area contributed by atoms with Crippen molar-refractivity contribution in [3.8, 4) is 5.75 Å².